The van der Waals surface area contributed by atoms with Crippen molar-refractivity contribution in [3.8, 4) is 5.75 Å². The van der Waals surface area contributed by atoms with Crippen LogP contribution in [0.1, 0.15) is 44.6 Å². The van der Waals surface area contributed by atoms with Crippen LogP contribution in [0.2, 0.25) is 0 Å². The van der Waals surface area contributed by atoms with Crippen LogP contribution < -0.4 is 10.1 Å². The molecule has 0 aliphatic heterocycles. The van der Waals surface area contributed by atoms with Gasteiger partial charge in [0, 0.05) is 35.3 Å². The lowest BCUT2D eigenvalue weighted by molar-refractivity contribution is 0.0512. The van der Waals surface area contributed by atoms with Crippen LogP contribution in [0.4, 0.5) is 16.3 Å². The molecule has 1 aliphatic rings. The highest BCUT2D eigenvalue weighted by molar-refractivity contribution is 7.19. The highest BCUT2D eigenvalue weighted by Crippen LogP contribution is 2.41. The van der Waals surface area contributed by atoms with Gasteiger partial charge in [0.2, 0.25) is 0 Å². The van der Waals surface area contributed by atoms with Crippen molar-refractivity contribution in [2.24, 2.45) is 0 Å². The van der Waals surface area contributed by atoms with Gasteiger partial charge in [-0.25, -0.2) is 14.8 Å². The first-order valence-electron chi connectivity index (χ1n) is 12.1. The summed E-state index contributed by atoms with van der Waals surface area (Å²) in [6.07, 6.45) is 5.29. The Morgan fingerprint density at radius 1 is 1.31 bits per heavy atom. The number of hydrogen-bond donors (Lipinski definition) is 2. The lowest BCUT2D eigenvalue weighted by Crippen LogP contribution is -2.40. The number of anilines is 2. The summed E-state index contributed by atoms with van der Waals surface area (Å²) in [5, 5.41) is 12.6. The molecule has 0 saturated heterocycles. The number of amides is 1. The Morgan fingerprint density at radius 3 is 2.94 bits per heavy atom. The number of rotatable bonds is 7. The van der Waals surface area contributed by atoms with Gasteiger partial charge in [-0.2, -0.15) is 5.10 Å². The molecule has 0 bridgehead atoms. The quantitative estimate of drug-likeness (QED) is 0.353. The molecule has 2 N–H and O–H groups in total. The fourth-order valence-electron chi connectivity index (χ4n) is 4.66. The molecule has 1 unspecified atom stereocenters. The molecule has 3 aromatic heterocycles. The van der Waals surface area contributed by atoms with Gasteiger partial charge in [0.05, 0.1) is 29.4 Å². The van der Waals surface area contributed by atoms with E-state index in [9.17, 15) is 4.79 Å². The number of thiophene rings is 1. The first-order valence-corrected chi connectivity index (χ1v) is 12.9. The average molecular weight is 495 g/mol. The minimum absolute atomic E-state index is 0.114. The maximum atomic E-state index is 12.6. The number of aromatic nitrogens is 4. The van der Waals surface area contributed by atoms with Gasteiger partial charge in [-0.1, -0.05) is 0 Å². The van der Waals surface area contributed by atoms with Crippen molar-refractivity contribution in [2.45, 2.75) is 59.1 Å². The van der Waals surface area contributed by atoms with Gasteiger partial charge < -0.3 is 19.7 Å². The predicted molar refractivity (Wildman–Crippen MR) is 138 cm³/mol. The largest absolute Gasteiger partial charge is 0.492 e. The topological polar surface area (TPSA) is 105 Å². The van der Waals surface area contributed by atoms with E-state index in [1.165, 1.54) is 10.4 Å². The smallest absolute Gasteiger partial charge is 0.410 e. The highest BCUT2D eigenvalue weighted by atomic mass is 32.1. The van der Waals surface area contributed by atoms with E-state index in [0.717, 1.165) is 51.2 Å². The molecular weight excluding hydrogens is 464 g/mol. The number of carbonyl (C=O) groups is 1. The first kappa shape index (κ1) is 23.3. The fraction of sp³-hybridized carbons (Fsp3) is 0.440. The van der Waals surface area contributed by atoms with E-state index >= 15 is 0 Å². The number of nitrogens with zero attached hydrogens (tertiary/aromatic N) is 4. The van der Waals surface area contributed by atoms with E-state index in [1.807, 2.05) is 39.8 Å². The molecule has 184 valence electrons. The van der Waals surface area contributed by atoms with Gasteiger partial charge in [-0.15, -0.1) is 11.3 Å². The molecule has 0 fully saturated rings. The molecule has 4 aromatic rings. The molecule has 0 radical (unpaired) electrons. The van der Waals surface area contributed by atoms with Gasteiger partial charge in [0.15, 0.2) is 0 Å². The Morgan fingerprint density at radius 2 is 2.17 bits per heavy atom. The summed E-state index contributed by atoms with van der Waals surface area (Å²) in [7, 11) is 0. The minimum Gasteiger partial charge on any atom is -0.492 e. The van der Waals surface area contributed by atoms with E-state index in [-0.39, 0.29) is 18.2 Å². The van der Waals surface area contributed by atoms with Gasteiger partial charge in [0.25, 0.3) is 0 Å². The van der Waals surface area contributed by atoms with Crippen LogP contribution in [-0.2, 0) is 17.6 Å². The zero-order valence-electron chi connectivity index (χ0n) is 20.4. The van der Waals surface area contributed by atoms with Gasteiger partial charge in [-0.3, -0.25) is 5.10 Å². The van der Waals surface area contributed by atoms with Crippen LogP contribution >= 0.6 is 11.3 Å². The number of hydrogen-bond acceptors (Lipinski definition) is 8. The summed E-state index contributed by atoms with van der Waals surface area (Å²) in [6, 6.07) is 4.08. The average Bonchev–Trinajstić information content (AvgIpc) is 3.43. The maximum Gasteiger partial charge on any atom is 0.410 e. The molecule has 1 aromatic carbocycles. The summed E-state index contributed by atoms with van der Waals surface area (Å²) in [4.78, 5) is 25.7. The number of aryl methyl sites for hydroxylation is 1. The molecular formula is C25H30N6O3S. The van der Waals surface area contributed by atoms with E-state index in [4.69, 9.17) is 9.47 Å². The van der Waals surface area contributed by atoms with Crippen LogP contribution in [0.25, 0.3) is 21.1 Å². The second kappa shape index (κ2) is 9.69. The van der Waals surface area contributed by atoms with Gasteiger partial charge >= 0.3 is 6.09 Å². The summed E-state index contributed by atoms with van der Waals surface area (Å²) in [6.45, 7) is 9.13. The Kier molecular flexibility index (Phi) is 6.46. The van der Waals surface area contributed by atoms with Crippen molar-refractivity contribution in [1.29, 1.82) is 0 Å². The van der Waals surface area contributed by atoms with Crippen molar-refractivity contribution in [3.05, 3.63) is 35.1 Å². The number of benzene rings is 1. The standard InChI is InChI=1S/C25H30N6O3S/c1-5-31(14(3)4)25(32)34-16-7-8-17-21(10-16)35-24-22(17)23(26-13-27-24)29-19-9-15-12-28-30-18(15)11-20(19)33-6-2/h9,11-14,16H,5-8,10H2,1-4H3,(H,28,30)(H,26,27,29). The monoisotopic (exact) mass is 494 g/mol. The van der Waals surface area contributed by atoms with Crippen LogP contribution in [-0.4, -0.2) is 56.5 Å². The number of H-pyrrole nitrogens is 1. The number of fused-ring (bicyclic) bond motifs is 4. The molecule has 0 saturated carbocycles. The summed E-state index contributed by atoms with van der Waals surface area (Å²) >= 11 is 1.65. The molecule has 10 heteroatoms. The number of ether oxygens (including phenoxy) is 2. The van der Waals surface area contributed by atoms with Crippen molar-refractivity contribution < 1.29 is 14.3 Å². The highest BCUT2D eigenvalue weighted by Gasteiger charge is 2.29. The second-order valence-electron chi connectivity index (χ2n) is 8.90. The molecule has 1 atom stereocenters. The Bertz CT molecular complexity index is 1360. The van der Waals surface area contributed by atoms with Crippen LogP contribution in [0.15, 0.2) is 24.7 Å². The Balaban J connectivity index is 1.43. The number of carbonyl (C=O) groups excluding carboxylic acids is 1. The van der Waals surface area contributed by atoms with Gasteiger partial charge in [-0.05, 0) is 52.2 Å². The fourth-order valence-corrected chi connectivity index (χ4v) is 5.91. The zero-order valence-corrected chi connectivity index (χ0v) is 21.2. The summed E-state index contributed by atoms with van der Waals surface area (Å²) in [5.74, 6) is 1.49. The second-order valence-corrected chi connectivity index (χ2v) is 9.98. The van der Waals surface area contributed by atoms with Crippen LogP contribution in [0, 0.1) is 0 Å². The Labute approximate surface area is 207 Å². The third-order valence-corrected chi connectivity index (χ3v) is 7.52. The third-order valence-electron chi connectivity index (χ3n) is 6.36. The summed E-state index contributed by atoms with van der Waals surface area (Å²) in [5.41, 5.74) is 2.98. The summed E-state index contributed by atoms with van der Waals surface area (Å²) < 4.78 is 11.8. The first-order chi connectivity index (χ1) is 17.0. The Hall–Kier alpha value is -3.40. The van der Waals surface area contributed by atoms with E-state index in [1.54, 1.807) is 28.8 Å². The molecule has 5 rings (SSSR count). The SMILES string of the molecule is CCOc1cc2[nH]ncc2cc1Nc1ncnc2sc3c(c12)CCC(OC(=O)N(CC)C(C)C)C3. The van der Waals surface area contributed by atoms with Crippen molar-refractivity contribution in [2.75, 3.05) is 18.5 Å². The number of aromatic amines is 1. The van der Waals surface area contributed by atoms with Gasteiger partial charge in [0.1, 0.15) is 28.8 Å². The third kappa shape index (κ3) is 4.50. The molecule has 1 aliphatic carbocycles. The van der Waals surface area contributed by atoms with Crippen LogP contribution in [0.3, 0.4) is 0 Å². The van der Waals surface area contributed by atoms with Crippen LogP contribution in [0.5, 0.6) is 5.75 Å². The van der Waals surface area contributed by atoms with E-state index < -0.39 is 0 Å². The number of nitrogens with one attached hydrogen (secondary N) is 2. The lowest BCUT2D eigenvalue weighted by Gasteiger charge is -2.29. The molecule has 3 heterocycles. The lowest BCUT2D eigenvalue weighted by atomic mass is 9.94. The van der Waals surface area contributed by atoms with E-state index in [2.05, 4.69) is 25.5 Å². The maximum absolute atomic E-state index is 12.6. The normalized spacial score (nSPS) is 15.4. The molecule has 35 heavy (non-hydrogen) atoms. The minimum atomic E-state index is -0.239. The van der Waals surface area contributed by atoms with Crippen molar-refractivity contribution in [3.63, 3.8) is 0 Å². The molecule has 9 nitrogen and oxygen atoms in total. The molecule has 1 amide bonds. The molecule has 0 spiro atoms. The van der Waals surface area contributed by atoms with Crippen molar-refractivity contribution in [1.82, 2.24) is 25.1 Å². The van der Waals surface area contributed by atoms with E-state index in [0.29, 0.717) is 19.6 Å². The van der Waals surface area contributed by atoms with Crippen molar-refractivity contribution >= 4 is 50.1 Å². The zero-order chi connectivity index (χ0) is 24.5. The predicted octanol–water partition coefficient (Wildman–Crippen LogP) is 5.43.